The number of nitrogens with zero attached hydrogens (tertiary/aromatic N) is 1. The van der Waals surface area contributed by atoms with Gasteiger partial charge in [0.05, 0.1) is 6.26 Å². The molecule has 0 spiro atoms. The second-order valence-corrected chi connectivity index (χ2v) is 7.43. The van der Waals surface area contributed by atoms with Crippen molar-refractivity contribution in [3.63, 3.8) is 0 Å². The highest BCUT2D eigenvalue weighted by molar-refractivity contribution is 7.88. The zero-order chi connectivity index (χ0) is 14.8. The molecule has 0 saturated carbocycles. The molecule has 0 aromatic carbocycles. The third-order valence-electron chi connectivity index (χ3n) is 4.00. The predicted molar refractivity (Wildman–Crippen MR) is 77.8 cm³/mol. The van der Waals surface area contributed by atoms with Gasteiger partial charge in [-0.1, -0.05) is 0 Å². The molecule has 1 amide bonds. The van der Waals surface area contributed by atoms with Crippen LogP contribution >= 0.6 is 0 Å². The first-order chi connectivity index (χ1) is 9.38. The van der Waals surface area contributed by atoms with Gasteiger partial charge in [0.2, 0.25) is 15.9 Å². The van der Waals surface area contributed by atoms with E-state index in [0.29, 0.717) is 13.1 Å². The summed E-state index contributed by atoms with van der Waals surface area (Å²) in [6.07, 6.45) is 4.03. The summed E-state index contributed by atoms with van der Waals surface area (Å²) in [5.41, 5.74) is 1.98. The van der Waals surface area contributed by atoms with E-state index in [1.165, 1.54) is 0 Å². The molecule has 0 aromatic rings. The van der Waals surface area contributed by atoms with Crippen molar-refractivity contribution in [3.05, 3.63) is 11.1 Å². The van der Waals surface area contributed by atoms with Crippen molar-refractivity contribution >= 4 is 15.9 Å². The maximum atomic E-state index is 12.5. The fourth-order valence-electron chi connectivity index (χ4n) is 2.61. The molecule has 2 aliphatic rings. The molecule has 2 N–H and O–H groups in total. The van der Waals surface area contributed by atoms with Gasteiger partial charge in [-0.2, -0.15) is 0 Å². The van der Waals surface area contributed by atoms with E-state index in [2.05, 4.69) is 10.0 Å². The van der Waals surface area contributed by atoms with Crippen molar-refractivity contribution in [2.24, 2.45) is 0 Å². The number of carbonyl (C=O) groups is 1. The van der Waals surface area contributed by atoms with Crippen LogP contribution in [-0.2, 0) is 14.8 Å². The van der Waals surface area contributed by atoms with Gasteiger partial charge < -0.3 is 10.2 Å². The summed E-state index contributed by atoms with van der Waals surface area (Å²) >= 11 is 0. The monoisotopic (exact) mass is 301 g/mol. The maximum absolute atomic E-state index is 12.5. The topological polar surface area (TPSA) is 78.5 Å². The summed E-state index contributed by atoms with van der Waals surface area (Å²) in [6, 6.07) is -0.0328. The van der Waals surface area contributed by atoms with E-state index in [4.69, 9.17) is 0 Å². The van der Waals surface area contributed by atoms with Crippen molar-refractivity contribution in [3.8, 4) is 0 Å². The van der Waals surface area contributed by atoms with E-state index >= 15 is 0 Å². The normalized spacial score (nSPS) is 23.4. The van der Waals surface area contributed by atoms with Gasteiger partial charge in [-0.05, 0) is 31.8 Å². The molecule has 2 fully saturated rings. The Kier molecular flexibility index (Phi) is 4.82. The van der Waals surface area contributed by atoms with Gasteiger partial charge in [0.25, 0.3) is 0 Å². The largest absolute Gasteiger partial charge is 0.335 e. The first-order valence-corrected chi connectivity index (χ1v) is 8.92. The Morgan fingerprint density at radius 2 is 2.10 bits per heavy atom. The molecule has 114 valence electrons. The number of piperidine rings is 1. The molecule has 0 aliphatic carbocycles. The van der Waals surface area contributed by atoms with E-state index in [0.717, 1.165) is 49.8 Å². The number of hydrogen-bond acceptors (Lipinski definition) is 4. The quantitative estimate of drug-likeness (QED) is 0.707. The highest BCUT2D eigenvalue weighted by atomic mass is 32.2. The number of nitrogens with one attached hydrogen (secondary N) is 2. The molecule has 7 heteroatoms. The number of rotatable bonds is 4. The molecule has 2 saturated heterocycles. The minimum absolute atomic E-state index is 0.0328. The second-order valence-electron chi connectivity index (χ2n) is 5.60. The van der Waals surface area contributed by atoms with Crippen molar-refractivity contribution in [1.29, 1.82) is 0 Å². The molecule has 0 aromatic heterocycles. The third kappa shape index (κ3) is 3.80. The lowest BCUT2D eigenvalue weighted by Gasteiger charge is -2.37. The van der Waals surface area contributed by atoms with Gasteiger partial charge in [-0.3, -0.25) is 4.79 Å². The second kappa shape index (κ2) is 6.24. The smallest absolute Gasteiger partial charge is 0.249 e. The van der Waals surface area contributed by atoms with Gasteiger partial charge in [0.1, 0.15) is 0 Å². The number of sulfonamides is 1. The first-order valence-electron chi connectivity index (χ1n) is 7.03. The van der Waals surface area contributed by atoms with E-state index < -0.39 is 10.0 Å². The summed E-state index contributed by atoms with van der Waals surface area (Å²) in [4.78, 5) is 14.4. The Bertz CT molecular complexity index is 507. The lowest BCUT2D eigenvalue weighted by molar-refractivity contribution is -0.130. The number of carbonyl (C=O) groups excluding carboxylic acids is 1. The average Bonchev–Trinajstić information content (AvgIpc) is 2.33. The molecular weight excluding hydrogens is 278 g/mol. The van der Waals surface area contributed by atoms with Crippen LogP contribution in [0, 0.1) is 0 Å². The van der Waals surface area contributed by atoms with Crippen LogP contribution in [0.3, 0.4) is 0 Å². The van der Waals surface area contributed by atoms with E-state index in [1.54, 1.807) is 0 Å². The van der Waals surface area contributed by atoms with Crippen molar-refractivity contribution in [2.75, 3.05) is 32.4 Å². The van der Waals surface area contributed by atoms with Gasteiger partial charge in [-0.25, -0.2) is 13.1 Å². The van der Waals surface area contributed by atoms with E-state index in [1.807, 2.05) is 11.8 Å². The summed E-state index contributed by atoms with van der Waals surface area (Å²) < 4.78 is 25.0. The summed E-state index contributed by atoms with van der Waals surface area (Å²) in [7, 11) is -3.21. The molecular formula is C13H23N3O3S. The number of hydrogen-bond donors (Lipinski definition) is 2. The molecule has 0 radical (unpaired) electrons. The average molecular weight is 301 g/mol. The number of likely N-dealkylation sites (tertiary alicyclic amines) is 1. The zero-order valence-corrected chi connectivity index (χ0v) is 12.9. The molecule has 20 heavy (non-hydrogen) atoms. The van der Waals surface area contributed by atoms with Crippen LogP contribution in [0.4, 0.5) is 0 Å². The van der Waals surface area contributed by atoms with Gasteiger partial charge in [0.15, 0.2) is 0 Å². The summed E-state index contributed by atoms with van der Waals surface area (Å²) in [6.45, 7) is 4.47. The third-order valence-corrected chi connectivity index (χ3v) is 4.69. The standard InChI is InChI=1S/C13H23N3O3S/c1-10(11-7-14-8-11)13(17)16-6-4-3-5-12(16)9-15-20(2,18)19/h12,14-15H,3-9H2,1-2H3. The fraction of sp³-hybridized carbons (Fsp3) is 0.769. The molecule has 2 rings (SSSR count). The number of amides is 1. The first kappa shape index (κ1) is 15.5. The lowest BCUT2D eigenvalue weighted by Crippen LogP contribution is -2.50. The van der Waals surface area contributed by atoms with Crippen LogP contribution < -0.4 is 10.0 Å². The van der Waals surface area contributed by atoms with Gasteiger partial charge >= 0.3 is 0 Å². The van der Waals surface area contributed by atoms with Gasteiger partial charge in [0, 0.05) is 37.8 Å². The Balaban J connectivity index is 2.04. The molecule has 0 bridgehead atoms. The molecule has 6 nitrogen and oxygen atoms in total. The Labute approximate surface area is 120 Å². The van der Waals surface area contributed by atoms with Crippen LogP contribution in [0.2, 0.25) is 0 Å². The highest BCUT2D eigenvalue weighted by Gasteiger charge is 2.29. The van der Waals surface area contributed by atoms with Crippen molar-refractivity contribution in [1.82, 2.24) is 14.9 Å². The highest BCUT2D eigenvalue weighted by Crippen LogP contribution is 2.21. The molecule has 1 unspecified atom stereocenters. The zero-order valence-electron chi connectivity index (χ0n) is 12.1. The SMILES string of the molecule is CC(C(=O)N1CCCCC1CNS(C)(=O)=O)=C1CNC1. The Morgan fingerprint density at radius 1 is 1.40 bits per heavy atom. The van der Waals surface area contributed by atoms with Crippen molar-refractivity contribution in [2.45, 2.75) is 32.2 Å². The molecule has 1 atom stereocenters. The van der Waals surface area contributed by atoms with Crippen LogP contribution in [0.1, 0.15) is 26.2 Å². The van der Waals surface area contributed by atoms with Crippen LogP contribution in [0.15, 0.2) is 11.1 Å². The lowest BCUT2D eigenvalue weighted by atomic mass is 9.98. The summed E-state index contributed by atoms with van der Waals surface area (Å²) in [5.74, 6) is 0.0569. The minimum atomic E-state index is -3.21. The van der Waals surface area contributed by atoms with Crippen LogP contribution in [-0.4, -0.2) is 57.7 Å². The van der Waals surface area contributed by atoms with Gasteiger partial charge in [-0.15, -0.1) is 0 Å². The van der Waals surface area contributed by atoms with Crippen LogP contribution in [0.5, 0.6) is 0 Å². The predicted octanol–water partition coefficient (Wildman–Crippen LogP) is -0.164. The maximum Gasteiger partial charge on any atom is 0.249 e. The van der Waals surface area contributed by atoms with Crippen LogP contribution in [0.25, 0.3) is 0 Å². The van der Waals surface area contributed by atoms with Crippen molar-refractivity contribution < 1.29 is 13.2 Å². The minimum Gasteiger partial charge on any atom is -0.335 e. The fourth-order valence-corrected chi connectivity index (χ4v) is 3.10. The van der Waals surface area contributed by atoms with E-state index in [9.17, 15) is 13.2 Å². The molecule has 2 heterocycles. The van der Waals surface area contributed by atoms with E-state index in [-0.39, 0.29) is 11.9 Å². The molecule has 2 aliphatic heterocycles. The Morgan fingerprint density at radius 3 is 2.65 bits per heavy atom. The summed E-state index contributed by atoms with van der Waals surface area (Å²) in [5, 5.41) is 3.14. The Hall–Kier alpha value is -0.920.